The van der Waals surface area contributed by atoms with Gasteiger partial charge in [0, 0.05) is 24.8 Å². The molecule has 8 heteroatoms. The molecule has 122 valence electrons. The number of esters is 1. The zero-order valence-corrected chi connectivity index (χ0v) is 13.7. The van der Waals surface area contributed by atoms with E-state index in [2.05, 4.69) is 32.5 Å². The normalized spacial score (nSPS) is 21.4. The lowest BCUT2D eigenvalue weighted by molar-refractivity contribution is -0.140. The van der Waals surface area contributed by atoms with Crippen LogP contribution in [0.1, 0.15) is 37.6 Å². The molecule has 22 heavy (non-hydrogen) atoms. The fourth-order valence-corrected chi connectivity index (χ4v) is 3.25. The van der Waals surface area contributed by atoms with Crippen molar-refractivity contribution < 1.29 is 14.3 Å². The van der Waals surface area contributed by atoms with Gasteiger partial charge in [-0.15, -0.1) is 10.2 Å². The second-order valence-corrected chi connectivity index (χ2v) is 6.56. The number of hydrogen-bond acceptors (Lipinski definition) is 7. The standard InChI is InChI=1S/C14H22N4O3S/c1-9-8-10(6-7-15-9)13(20)16-14-18-17-11(22-14)4-3-5-12(19)21-2/h9-10,15H,3-8H2,1-2H3,(H,16,18,20)/t9-,10-/m0/s1. The topological polar surface area (TPSA) is 93.2 Å². The highest BCUT2D eigenvalue weighted by Crippen LogP contribution is 2.21. The third-order valence-corrected chi connectivity index (χ3v) is 4.59. The zero-order chi connectivity index (χ0) is 15.9. The van der Waals surface area contributed by atoms with E-state index in [0.717, 1.165) is 24.4 Å². The second-order valence-electron chi connectivity index (χ2n) is 5.50. The van der Waals surface area contributed by atoms with Gasteiger partial charge in [0.05, 0.1) is 7.11 Å². The van der Waals surface area contributed by atoms with E-state index in [1.165, 1.54) is 18.4 Å². The van der Waals surface area contributed by atoms with Crippen LogP contribution in [0.25, 0.3) is 0 Å². The minimum atomic E-state index is -0.224. The van der Waals surface area contributed by atoms with Gasteiger partial charge in [-0.3, -0.25) is 9.59 Å². The molecule has 0 bridgehead atoms. The van der Waals surface area contributed by atoms with Crippen molar-refractivity contribution in [1.29, 1.82) is 0 Å². The summed E-state index contributed by atoms with van der Waals surface area (Å²) in [7, 11) is 1.38. The third-order valence-electron chi connectivity index (χ3n) is 3.69. The predicted octanol–water partition coefficient (Wildman–Crippen LogP) is 1.36. The summed E-state index contributed by atoms with van der Waals surface area (Å²) >= 11 is 1.36. The number of aryl methyl sites for hydroxylation is 1. The molecule has 2 heterocycles. The molecule has 1 fully saturated rings. The summed E-state index contributed by atoms with van der Waals surface area (Å²) in [5, 5.41) is 15.6. The Morgan fingerprint density at radius 1 is 1.45 bits per heavy atom. The van der Waals surface area contributed by atoms with Crippen LogP contribution in [0.5, 0.6) is 0 Å². The van der Waals surface area contributed by atoms with Crippen LogP contribution in [0.2, 0.25) is 0 Å². The van der Waals surface area contributed by atoms with Gasteiger partial charge in [-0.05, 0) is 32.7 Å². The van der Waals surface area contributed by atoms with E-state index in [1.54, 1.807) is 0 Å². The lowest BCUT2D eigenvalue weighted by Crippen LogP contribution is -2.40. The van der Waals surface area contributed by atoms with Crippen molar-refractivity contribution in [2.75, 3.05) is 19.0 Å². The van der Waals surface area contributed by atoms with Gasteiger partial charge in [-0.2, -0.15) is 0 Å². The predicted molar refractivity (Wildman–Crippen MR) is 83.7 cm³/mol. The Labute approximate surface area is 133 Å². The molecule has 0 aliphatic carbocycles. The van der Waals surface area contributed by atoms with Gasteiger partial charge in [-0.25, -0.2) is 0 Å². The molecule has 0 radical (unpaired) electrons. The number of aromatic nitrogens is 2. The number of nitrogens with zero attached hydrogens (tertiary/aromatic N) is 2. The van der Waals surface area contributed by atoms with E-state index in [4.69, 9.17) is 0 Å². The molecule has 7 nitrogen and oxygen atoms in total. The number of rotatable bonds is 6. The molecule has 1 amide bonds. The average molecular weight is 326 g/mol. The number of carbonyl (C=O) groups excluding carboxylic acids is 2. The number of ether oxygens (including phenoxy) is 1. The van der Waals surface area contributed by atoms with E-state index in [1.807, 2.05) is 0 Å². The van der Waals surface area contributed by atoms with Crippen molar-refractivity contribution in [1.82, 2.24) is 15.5 Å². The van der Waals surface area contributed by atoms with E-state index in [-0.39, 0.29) is 17.8 Å². The zero-order valence-electron chi connectivity index (χ0n) is 12.9. The Bertz CT molecular complexity index is 520. The van der Waals surface area contributed by atoms with E-state index >= 15 is 0 Å². The van der Waals surface area contributed by atoms with Crippen LogP contribution in [0, 0.1) is 5.92 Å². The summed E-state index contributed by atoms with van der Waals surface area (Å²) in [6.45, 7) is 2.96. The van der Waals surface area contributed by atoms with Crippen LogP contribution in [0.15, 0.2) is 0 Å². The van der Waals surface area contributed by atoms with Crippen LogP contribution in [0.3, 0.4) is 0 Å². The number of anilines is 1. The molecule has 2 rings (SSSR count). The van der Waals surface area contributed by atoms with Crippen LogP contribution in [-0.2, 0) is 20.7 Å². The fraction of sp³-hybridized carbons (Fsp3) is 0.714. The average Bonchev–Trinajstić information content (AvgIpc) is 2.94. The van der Waals surface area contributed by atoms with Crippen molar-refractivity contribution >= 4 is 28.3 Å². The summed E-state index contributed by atoms with van der Waals surface area (Å²) in [5.41, 5.74) is 0. The van der Waals surface area contributed by atoms with E-state index < -0.39 is 0 Å². The molecule has 1 saturated heterocycles. The van der Waals surface area contributed by atoms with Gasteiger partial charge < -0.3 is 15.4 Å². The molecule has 1 aliphatic heterocycles. The van der Waals surface area contributed by atoms with Gasteiger partial charge >= 0.3 is 5.97 Å². The van der Waals surface area contributed by atoms with E-state index in [0.29, 0.717) is 30.4 Å². The van der Waals surface area contributed by atoms with Crippen LogP contribution in [0.4, 0.5) is 5.13 Å². The summed E-state index contributed by atoms with van der Waals surface area (Å²) in [4.78, 5) is 23.2. The van der Waals surface area contributed by atoms with Gasteiger partial charge in [-0.1, -0.05) is 11.3 Å². The molecule has 2 N–H and O–H groups in total. The number of methoxy groups -OCH3 is 1. The molecule has 1 aromatic heterocycles. The first kappa shape index (κ1) is 16.8. The largest absolute Gasteiger partial charge is 0.469 e. The Balaban J connectivity index is 1.78. The first-order valence-corrected chi connectivity index (χ1v) is 8.33. The monoisotopic (exact) mass is 326 g/mol. The lowest BCUT2D eigenvalue weighted by atomic mass is 9.93. The first-order chi connectivity index (χ1) is 10.6. The number of hydrogen-bond donors (Lipinski definition) is 2. The van der Waals surface area contributed by atoms with Gasteiger partial charge in [0.15, 0.2) is 0 Å². The number of carbonyl (C=O) groups is 2. The SMILES string of the molecule is COC(=O)CCCc1nnc(NC(=O)[C@H]2CCN[C@@H](C)C2)s1. The minimum absolute atomic E-state index is 0.0191. The van der Waals surface area contributed by atoms with Gasteiger partial charge in [0.1, 0.15) is 5.01 Å². The van der Waals surface area contributed by atoms with Crippen molar-refractivity contribution in [3.63, 3.8) is 0 Å². The first-order valence-electron chi connectivity index (χ1n) is 7.52. The highest BCUT2D eigenvalue weighted by Gasteiger charge is 2.25. The van der Waals surface area contributed by atoms with Crippen molar-refractivity contribution in [2.45, 2.75) is 45.1 Å². The van der Waals surface area contributed by atoms with Crippen molar-refractivity contribution in [3.05, 3.63) is 5.01 Å². The molecule has 0 unspecified atom stereocenters. The van der Waals surface area contributed by atoms with Crippen molar-refractivity contribution in [2.24, 2.45) is 5.92 Å². The quantitative estimate of drug-likeness (QED) is 0.767. The van der Waals surface area contributed by atoms with Crippen LogP contribution in [-0.4, -0.2) is 41.8 Å². The van der Waals surface area contributed by atoms with E-state index in [9.17, 15) is 9.59 Å². The van der Waals surface area contributed by atoms with Crippen molar-refractivity contribution in [3.8, 4) is 0 Å². The fourth-order valence-electron chi connectivity index (χ4n) is 2.47. The summed E-state index contributed by atoms with van der Waals surface area (Å²) in [5.74, 6) is -0.174. The summed E-state index contributed by atoms with van der Waals surface area (Å²) in [6.07, 6.45) is 3.39. The van der Waals surface area contributed by atoms with Crippen LogP contribution >= 0.6 is 11.3 Å². The molecule has 0 saturated carbocycles. The third kappa shape index (κ3) is 5.03. The maximum absolute atomic E-state index is 12.2. The maximum atomic E-state index is 12.2. The van der Waals surface area contributed by atoms with Gasteiger partial charge in [0.25, 0.3) is 0 Å². The number of piperidine rings is 1. The highest BCUT2D eigenvalue weighted by atomic mass is 32.1. The van der Waals surface area contributed by atoms with Crippen LogP contribution < -0.4 is 10.6 Å². The molecule has 0 spiro atoms. The molecular formula is C14H22N4O3S. The molecule has 2 atom stereocenters. The highest BCUT2D eigenvalue weighted by molar-refractivity contribution is 7.15. The number of nitrogens with one attached hydrogen (secondary N) is 2. The maximum Gasteiger partial charge on any atom is 0.305 e. The molecule has 0 aromatic carbocycles. The smallest absolute Gasteiger partial charge is 0.305 e. The summed E-state index contributed by atoms with van der Waals surface area (Å²) < 4.78 is 4.59. The Morgan fingerprint density at radius 3 is 3.00 bits per heavy atom. The Morgan fingerprint density at radius 2 is 2.27 bits per heavy atom. The lowest BCUT2D eigenvalue weighted by Gasteiger charge is -2.26. The number of amides is 1. The minimum Gasteiger partial charge on any atom is -0.469 e. The molecular weight excluding hydrogens is 304 g/mol. The Hall–Kier alpha value is -1.54. The summed E-state index contributed by atoms with van der Waals surface area (Å²) in [6, 6.07) is 0.368. The molecule has 1 aliphatic rings. The molecule has 1 aromatic rings. The second kappa shape index (κ2) is 8.19. The Kier molecular flexibility index (Phi) is 6.26. The van der Waals surface area contributed by atoms with Gasteiger partial charge in [0.2, 0.25) is 11.0 Å².